The topological polar surface area (TPSA) is 84.4 Å². The predicted octanol–water partition coefficient (Wildman–Crippen LogP) is 3.69. The fraction of sp³-hybridized carbons (Fsp3) is 0.333. The molecule has 2 aromatic carbocycles. The molecule has 0 bridgehead atoms. The van der Waals surface area contributed by atoms with Crippen molar-refractivity contribution in [1.82, 2.24) is 14.9 Å². The van der Waals surface area contributed by atoms with Gasteiger partial charge in [0.2, 0.25) is 5.91 Å². The Morgan fingerprint density at radius 3 is 2.74 bits per heavy atom. The third kappa shape index (κ3) is 4.82. The number of fused-ring (bicyclic) bond motifs is 1. The van der Waals surface area contributed by atoms with Crippen LogP contribution in [0, 0.1) is 5.92 Å². The number of hydrogen-bond acceptors (Lipinski definition) is 5. The first-order chi connectivity index (χ1) is 15.1. The van der Waals surface area contributed by atoms with Gasteiger partial charge in [-0.25, -0.2) is 9.97 Å². The Kier molecular flexibility index (Phi) is 6.11. The molecule has 31 heavy (non-hydrogen) atoms. The van der Waals surface area contributed by atoms with Crippen molar-refractivity contribution >= 4 is 28.4 Å². The van der Waals surface area contributed by atoms with Crippen LogP contribution in [0.2, 0.25) is 0 Å². The molecule has 3 aromatic rings. The molecule has 4 rings (SSSR count). The molecule has 1 atom stereocenters. The molecular formula is C24H26N4O3. The minimum atomic E-state index is -0.0455. The Hall–Kier alpha value is -3.48. The van der Waals surface area contributed by atoms with E-state index in [9.17, 15) is 9.59 Å². The average molecular weight is 418 g/mol. The standard InChI is InChI=1S/C24H26N4O3/c1-3-23(29)26-19-7-4-17(5-8-19)24(30)28-11-10-16(15-28)12-22-25-14-18-6-9-20(31-2)13-21(18)27-22/h4-9,13-14,16H,3,10-12,15H2,1-2H3,(H,26,29)/t16-/m0/s1. The van der Waals surface area contributed by atoms with Crippen LogP contribution in [0.5, 0.6) is 5.75 Å². The number of nitrogens with zero attached hydrogens (tertiary/aromatic N) is 3. The average Bonchev–Trinajstić information content (AvgIpc) is 3.27. The first-order valence-electron chi connectivity index (χ1n) is 10.5. The summed E-state index contributed by atoms with van der Waals surface area (Å²) in [5.74, 6) is 1.86. The van der Waals surface area contributed by atoms with Crippen LogP contribution in [0.15, 0.2) is 48.7 Å². The molecular weight excluding hydrogens is 392 g/mol. The molecule has 0 aliphatic carbocycles. The smallest absolute Gasteiger partial charge is 0.253 e. The minimum absolute atomic E-state index is 0.0139. The lowest BCUT2D eigenvalue weighted by Crippen LogP contribution is -2.29. The van der Waals surface area contributed by atoms with Gasteiger partial charge < -0.3 is 15.0 Å². The third-order valence-corrected chi connectivity index (χ3v) is 5.62. The molecule has 0 unspecified atom stereocenters. The van der Waals surface area contributed by atoms with E-state index in [4.69, 9.17) is 4.74 Å². The quantitative estimate of drug-likeness (QED) is 0.660. The maximum atomic E-state index is 12.9. The first-order valence-corrected chi connectivity index (χ1v) is 10.5. The summed E-state index contributed by atoms with van der Waals surface area (Å²) in [4.78, 5) is 35.4. The molecule has 0 radical (unpaired) electrons. The Labute approximate surface area is 181 Å². The molecule has 2 amide bonds. The van der Waals surface area contributed by atoms with E-state index in [0.29, 0.717) is 30.1 Å². The number of ether oxygens (including phenoxy) is 1. The Bertz CT molecular complexity index is 1100. The van der Waals surface area contributed by atoms with E-state index in [-0.39, 0.29) is 11.8 Å². The van der Waals surface area contributed by atoms with Crippen molar-refractivity contribution in [3.8, 4) is 5.75 Å². The van der Waals surface area contributed by atoms with E-state index in [1.54, 1.807) is 38.3 Å². The number of carbonyl (C=O) groups is 2. The van der Waals surface area contributed by atoms with E-state index in [1.165, 1.54) is 0 Å². The summed E-state index contributed by atoms with van der Waals surface area (Å²) in [6.45, 7) is 3.21. The summed E-state index contributed by atoms with van der Waals surface area (Å²) in [5.41, 5.74) is 2.20. The van der Waals surface area contributed by atoms with Crippen molar-refractivity contribution in [3.05, 3.63) is 60.0 Å². The van der Waals surface area contributed by atoms with Crippen molar-refractivity contribution in [2.45, 2.75) is 26.2 Å². The second-order valence-electron chi connectivity index (χ2n) is 7.80. The highest BCUT2D eigenvalue weighted by Gasteiger charge is 2.27. The summed E-state index contributed by atoms with van der Waals surface area (Å²) in [7, 11) is 1.64. The highest BCUT2D eigenvalue weighted by molar-refractivity contribution is 5.96. The van der Waals surface area contributed by atoms with Gasteiger partial charge >= 0.3 is 0 Å². The summed E-state index contributed by atoms with van der Waals surface area (Å²) in [6.07, 6.45) is 3.92. The summed E-state index contributed by atoms with van der Waals surface area (Å²) in [5, 5.41) is 3.77. The number of benzene rings is 2. The number of nitrogens with one attached hydrogen (secondary N) is 1. The van der Waals surface area contributed by atoms with E-state index < -0.39 is 0 Å². The SMILES string of the molecule is CCC(=O)Nc1ccc(C(=O)N2CC[C@@H](Cc3ncc4ccc(OC)cc4n3)C2)cc1. The lowest BCUT2D eigenvalue weighted by Gasteiger charge is -2.17. The largest absolute Gasteiger partial charge is 0.497 e. The molecule has 1 N–H and O–H groups in total. The summed E-state index contributed by atoms with van der Waals surface area (Å²) < 4.78 is 5.28. The van der Waals surface area contributed by atoms with Crippen molar-refractivity contribution in [1.29, 1.82) is 0 Å². The van der Waals surface area contributed by atoms with Gasteiger partial charge in [-0.1, -0.05) is 6.92 Å². The van der Waals surface area contributed by atoms with Crippen molar-refractivity contribution in [2.24, 2.45) is 5.92 Å². The van der Waals surface area contributed by atoms with Gasteiger partial charge in [0.1, 0.15) is 11.6 Å². The van der Waals surface area contributed by atoms with E-state index in [2.05, 4.69) is 15.3 Å². The van der Waals surface area contributed by atoms with Crippen LogP contribution in [0.3, 0.4) is 0 Å². The van der Waals surface area contributed by atoms with Crippen molar-refractivity contribution < 1.29 is 14.3 Å². The highest BCUT2D eigenvalue weighted by Crippen LogP contribution is 2.24. The predicted molar refractivity (Wildman–Crippen MR) is 119 cm³/mol. The highest BCUT2D eigenvalue weighted by atomic mass is 16.5. The Morgan fingerprint density at radius 2 is 2.00 bits per heavy atom. The number of aromatic nitrogens is 2. The van der Waals surface area contributed by atoms with Gasteiger partial charge in [0.05, 0.1) is 12.6 Å². The van der Waals surface area contributed by atoms with E-state index in [0.717, 1.165) is 41.9 Å². The molecule has 1 fully saturated rings. The fourth-order valence-corrected chi connectivity index (χ4v) is 3.84. The van der Waals surface area contributed by atoms with Crippen molar-refractivity contribution in [3.63, 3.8) is 0 Å². The number of methoxy groups -OCH3 is 1. The molecule has 160 valence electrons. The summed E-state index contributed by atoms with van der Waals surface area (Å²) >= 11 is 0. The maximum Gasteiger partial charge on any atom is 0.253 e. The van der Waals surface area contributed by atoms with Crippen LogP contribution in [0.1, 0.15) is 35.9 Å². The van der Waals surface area contributed by atoms with Gasteiger partial charge in [0.15, 0.2) is 0 Å². The Morgan fingerprint density at radius 1 is 1.19 bits per heavy atom. The van der Waals surface area contributed by atoms with Crippen LogP contribution < -0.4 is 10.1 Å². The van der Waals surface area contributed by atoms with Gasteiger partial charge in [-0.15, -0.1) is 0 Å². The zero-order valence-electron chi connectivity index (χ0n) is 17.8. The van der Waals surface area contributed by atoms with Gasteiger partial charge in [-0.05, 0) is 48.7 Å². The molecule has 1 aliphatic rings. The lowest BCUT2D eigenvalue weighted by atomic mass is 10.0. The number of likely N-dealkylation sites (tertiary alicyclic amines) is 1. The number of anilines is 1. The molecule has 0 saturated carbocycles. The van der Waals surface area contributed by atoms with E-state index >= 15 is 0 Å². The monoisotopic (exact) mass is 418 g/mol. The maximum absolute atomic E-state index is 12.9. The van der Waals surface area contributed by atoms with Crippen LogP contribution in [-0.4, -0.2) is 46.9 Å². The van der Waals surface area contributed by atoms with Crippen LogP contribution in [0.25, 0.3) is 10.9 Å². The number of amides is 2. The molecule has 7 nitrogen and oxygen atoms in total. The van der Waals surface area contributed by atoms with Crippen molar-refractivity contribution in [2.75, 3.05) is 25.5 Å². The minimum Gasteiger partial charge on any atom is -0.497 e. The second-order valence-corrected chi connectivity index (χ2v) is 7.80. The van der Waals surface area contributed by atoms with Crippen LogP contribution >= 0.6 is 0 Å². The zero-order valence-corrected chi connectivity index (χ0v) is 17.8. The third-order valence-electron chi connectivity index (χ3n) is 5.62. The van der Waals surface area contributed by atoms with Gasteiger partial charge in [0, 0.05) is 54.8 Å². The lowest BCUT2D eigenvalue weighted by molar-refractivity contribution is -0.115. The molecule has 2 heterocycles. The molecule has 0 spiro atoms. The number of hydrogen-bond donors (Lipinski definition) is 1. The Balaban J connectivity index is 1.38. The second kappa shape index (κ2) is 9.12. The summed E-state index contributed by atoms with van der Waals surface area (Å²) in [6, 6.07) is 12.8. The van der Waals surface area contributed by atoms with E-state index in [1.807, 2.05) is 29.3 Å². The normalized spacial score (nSPS) is 15.8. The first kappa shape index (κ1) is 20.8. The van der Waals surface area contributed by atoms with Crippen LogP contribution in [0.4, 0.5) is 5.69 Å². The number of rotatable bonds is 6. The molecule has 1 saturated heterocycles. The van der Waals surface area contributed by atoms with Gasteiger partial charge in [-0.3, -0.25) is 9.59 Å². The fourth-order valence-electron chi connectivity index (χ4n) is 3.84. The number of carbonyl (C=O) groups excluding carboxylic acids is 2. The molecule has 1 aliphatic heterocycles. The van der Waals surface area contributed by atoms with Crippen LogP contribution in [-0.2, 0) is 11.2 Å². The molecule has 1 aromatic heterocycles. The van der Waals surface area contributed by atoms with Gasteiger partial charge in [0.25, 0.3) is 5.91 Å². The van der Waals surface area contributed by atoms with Gasteiger partial charge in [-0.2, -0.15) is 0 Å². The zero-order chi connectivity index (χ0) is 21.8. The molecule has 7 heteroatoms.